The summed E-state index contributed by atoms with van der Waals surface area (Å²) in [6, 6.07) is 6.33. The third kappa shape index (κ3) is 2.86. The molecule has 0 fully saturated rings. The first-order valence-electron chi connectivity index (χ1n) is 5.70. The molecule has 0 amide bonds. The summed E-state index contributed by atoms with van der Waals surface area (Å²) in [5.74, 6) is -3.90. The molecule has 0 spiro atoms. The van der Waals surface area contributed by atoms with Crippen LogP contribution in [0.4, 0.5) is 0 Å². The maximum atomic E-state index is 11.1. The lowest BCUT2D eigenvalue weighted by Gasteiger charge is -2.08. The number of carboxylic acid groups (broad SMARTS) is 3. The van der Waals surface area contributed by atoms with E-state index in [0.29, 0.717) is 0 Å². The Hall–Kier alpha value is -3.22. The van der Waals surface area contributed by atoms with Crippen molar-refractivity contribution in [2.24, 2.45) is 0 Å². The largest absolute Gasteiger partial charge is 0.478 e. The first-order chi connectivity index (χ1) is 9.90. The minimum Gasteiger partial charge on any atom is -0.478 e. The Balaban J connectivity index is 2.72. The Morgan fingerprint density at radius 2 is 1.43 bits per heavy atom. The molecule has 0 aliphatic carbocycles. The number of nitrogens with zero attached hydrogens (tertiary/aromatic N) is 1. The molecule has 0 saturated heterocycles. The van der Waals surface area contributed by atoms with Gasteiger partial charge in [0.15, 0.2) is 5.69 Å². The lowest BCUT2D eigenvalue weighted by molar-refractivity contribution is 0.0680. The highest BCUT2D eigenvalue weighted by atomic mass is 16.4. The van der Waals surface area contributed by atoms with Gasteiger partial charge in [0, 0.05) is 11.8 Å². The zero-order valence-electron chi connectivity index (χ0n) is 10.5. The van der Waals surface area contributed by atoms with Crippen molar-refractivity contribution in [2.45, 2.75) is 0 Å². The van der Waals surface area contributed by atoms with Gasteiger partial charge in [0.2, 0.25) is 0 Å². The van der Waals surface area contributed by atoms with Crippen LogP contribution < -0.4 is 0 Å². The van der Waals surface area contributed by atoms with Gasteiger partial charge >= 0.3 is 17.9 Å². The summed E-state index contributed by atoms with van der Waals surface area (Å²) in [7, 11) is 0. The van der Waals surface area contributed by atoms with E-state index in [0.717, 1.165) is 6.07 Å². The smallest absolute Gasteiger partial charge is 0.355 e. The number of aromatic carboxylic acids is 3. The van der Waals surface area contributed by atoms with Crippen molar-refractivity contribution in [3.05, 3.63) is 53.3 Å². The monoisotopic (exact) mass is 287 g/mol. The summed E-state index contributed by atoms with van der Waals surface area (Å²) in [6.07, 6.45) is 1.28. The van der Waals surface area contributed by atoms with Crippen LogP contribution in [0.3, 0.4) is 0 Å². The maximum absolute atomic E-state index is 11.1. The lowest BCUT2D eigenvalue weighted by Crippen LogP contribution is -2.06. The van der Waals surface area contributed by atoms with Gasteiger partial charge in [-0.1, -0.05) is 6.07 Å². The molecule has 2 rings (SSSR count). The molecule has 106 valence electrons. The topological polar surface area (TPSA) is 125 Å². The molecule has 1 aromatic carbocycles. The van der Waals surface area contributed by atoms with E-state index in [9.17, 15) is 14.4 Å². The van der Waals surface area contributed by atoms with Crippen molar-refractivity contribution in [3.63, 3.8) is 0 Å². The summed E-state index contributed by atoms with van der Waals surface area (Å²) in [5, 5.41) is 27.1. The molecule has 7 nitrogen and oxygen atoms in total. The van der Waals surface area contributed by atoms with Crippen LogP contribution in [0.15, 0.2) is 36.5 Å². The highest BCUT2D eigenvalue weighted by molar-refractivity contribution is 5.99. The van der Waals surface area contributed by atoms with E-state index < -0.39 is 17.9 Å². The van der Waals surface area contributed by atoms with Crippen molar-refractivity contribution < 1.29 is 29.7 Å². The normalized spacial score (nSPS) is 10.1. The molecule has 0 bridgehead atoms. The van der Waals surface area contributed by atoms with Crippen LogP contribution in [-0.4, -0.2) is 38.2 Å². The van der Waals surface area contributed by atoms with Gasteiger partial charge in [-0.3, -0.25) is 0 Å². The first-order valence-corrected chi connectivity index (χ1v) is 5.70. The van der Waals surface area contributed by atoms with Crippen LogP contribution in [0.2, 0.25) is 0 Å². The molecule has 0 radical (unpaired) electrons. The molecule has 7 heteroatoms. The number of benzene rings is 1. The molecule has 1 aromatic heterocycles. The average Bonchev–Trinajstić information content (AvgIpc) is 2.46. The van der Waals surface area contributed by atoms with E-state index in [2.05, 4.69) is 4.98 Å². The van der Waals surface area contributed by atoms with Gasteiger partial charge in [-0.25, -0.2) is 19.4 Å². The zero-order valence-corrected chi connectivity index (χ0v) is 10.5. The van der Waals surface area contributed by atoms with Gasteiger partial charge in [0.25, 0.3) is 0 Å². The molecule has 1 heterocycles. The van der Waals surface area contributed by atoms with Gasteiger partial charge in [0.05, 0.1) is 11.1 Å². The molecule has 0 aliphatic heterocycles. The number of pyridine rings is 1. The van der Waals surface area contributed by atoms with Crippen molar-refractivity contribution >= 4 is 17.9 Å². The van der Waals surface area contributed by atoms with Gasteiger partial charge in [0.1, 0.15) is 0 Å². The lowest BCUT2D eigenvalue weighted by atomic mass is 9.98. The molecule has 3 N–H and O–H groups in total. The highest BCUT2D eigenvalue weighted by Crippen LogP contribution is 2.25. The standard InChI is InChI=1S/C14H9NO6/c16-12(17)8-4-7(5-9(6-8)13(18)19)10-2-1-3-15-11(10)14(20)21/h1-6H,(H,16,17)(H,18,19)(H,20,21). The molecule has 0 saturated carbocycles. The average molecular weight is 287 g/mol. The number of hydrogen-bond acceptors (Lipinski definition) is 4. The Morgan fingerprint density at radius 1 is 0.857 bits per heavy atom. The second-order valence-electron chi connectivity index (χ2n) is 4.11. The zero-order chi connectivity index (χ0) is 15.6. The van der Waals surface area contributed by atoms with Gasteiger partial charge in [-0.15, -0.1) is 0 Å². The molecule has 0 atom stereocenters. The molecule has 21 heavy (non-hydrogen) atoms. The molecule has 2 aromatic rings. The van der Waals surface area contributed by atoms with E-state index in [1.807, 2.05) is 0 Å². The number of carboxylic acids is 3. The SMILES string of the molecule is O=C(O)c1cc(C(=O)O)cc(-c2cccnc2C(=O)O)c1. The number of carbonyl (C=O) groups is 3. The van der Waals surface area contributed by atoms with Crippen LogP contribution in [-0.2, 0) is 0 Å². The minimum absolute atomic E-state index is 0.149. The van der Waals surface area contributed by atoms with Gasteiger partial charge < -0.3 is 15.3 Å². The summed E-state index contributed by atoms with van der Waals surface area (Å²) >= 11 is 0. The maximum Gasteiger partial charge on any atom is 0.355 e. The van der Waals surface area contributed by atoms with Crippen LogP contribution in [0.25, 0.3) is 11.1 Å². The van der Waals surface area contributed by atoms with Crippen LogP contribution in [0.5, 0.6) is 0 Å². The van der Waals surface area contributed by atoms with Crippen molar-refractivity contribution in [3.8, 4) is 11.1 Å². The summed E-state index contributed by atoms with van der Waals surface area (Å²) in [4.78, 5) is 37.0. The number of hydrogen-bond donors (Lipinski definition) is 3. The predicted octanol–water partition coefficient (Wildman–Crippen LogP) is 1.84. The van der Waals surface area contributed by atoms with E-state index in [1.54, 1.807) is 0 Å². The second kappa shape index (κ2) is 5.41. The van der Waals surface area contributed by atoms with E-state index in [-0.39, 0.29) is 27.9 Å². The van der Waals surface area contributed by atoms with E-state index in [1.165, 1.54) is 30.5 Å². The third-order valence-electron chi connectivity index (χ3n) is 2.75. The quantitative estimate of drug-likeness (QED) is 0.783. The van der Waals surface area contributed by atoms with Crippen molar-refractivity contribution in [1.82, 2.24) is 4.98 Å². The van der Waals surface area contributed by atoms with Crippen LogP contribution in [0, 0.1) is 0 Å². The Bertz CT molecular complexity index is 721. The Morgan fingerprint density at radius 3 is 1.90 bits per heavy atom. The Kier molecular flexibility index (Phi) is 3.66. The molecule has 0 aliphatic rings. The summed E-state index contributed by atoms with van der Waals surface area (Å²) in [6.45, 7) is 0. The summed E-state index contributed by atoms with van der Waals surface area (Å²) in [5.41, 5.74) is -0.458. The predicted molar refractivity (Wildman–Crippen MR) is 70.6 cm³/mol. The van der Waals surface area contributed by atoms with Crippen LogP contribution in [0.1, 0.15) is 31.2 Å². The molecule has 0 unspecified atom stereocenters. The van der Waals surface area contributed by atoms with Crippen molar-refractivity contribution in [2.75, 3.05) is 0 Å². The fraction of sp³-hybridized carbons (Fsp3) is 0. The van der Waals surface area contributed by atoms with Gasteiger partial charge in [-0.2, -0.15) is 0 Å². The Labute approximate surface area is 118 Å². The third-order valence-corrected chi connectivity index (χ3v) is 2.75. The van der Waals surface area contributed by atoms with Crippen LogP contribution >= 0.6 is 0 Å². The number of aromatic nitrogens is 1. The molecular weight excluding hydrogens is 278 g/mol. The van der Waals surface area contributed by atoms with Gasteiger partial charge in [-0.05, 0) is 29.8 Å². The fourth-order valence-corrected chi connectivity index (χ4v) is 1.84. The second-order valence-corrected chi connectivity index (χ2v) is 4.11. The minimum atomic E-state index is -1.31. The first kappa shape index (κ1) is 14.2. The number of rotatable bonds is 4. The highest BCUT2D eigenvalue weighted by Gasteiger charge is 2.17. The van der Waals surface area contributed by atoms with E-state index >= 15 is 0 Å². The van der Waals surface area contributed by atoms with Crippen molar-refractivity contribution in [1.29, 1.82) is 0 Å². The summed E-state index contributed by atoms with van der Waals surface area (Å²) < 4.78 is 0. The van der Waals surface area contributed by atoms with E-state index in [4.69, 9.17) is 15.3 Å². The fourth-order valence-electron chi connectivity index (χ4n) is 1.84. The molecular formula is C14H9NO6.